The molecule has 0 aliphatic heterocycles. The standard InChI is InChI=1S/C24H34O7/c1-15(2)18(25)29-22(8)12-23(30-19(26)16(3)4)10-21(7,28-9)11-24(13-22,14-23)31-20(27)17(5)6/h1,3,5,10-14H2,2,4,6-9H3. The highest BCUT2D eigenvalue weighted by molar-refractivity contribution is 5.88. The average Bonchev–Trinajstić information content (AvgIpc) is 2.58. The van der Waals surface area contributed by atoms with Gasteiger partial charge in [0.1, 0.15) is 16.8 Å². The number of hydrogen-bond acceptors (Lipinski definition) is 7. The van der Waals surface area contributed by atoms with Gasteiger partial charge < -0.3 is 18.9 Å². The normalized spacial score (nSPS) is 34.3. The predicted molar refractivity (Wildman–Crippen MR) is 115 cm³/mol. The van der Waals surface area contributed by atoms with Crippen LogP contribution in [0.3, 0.4) is 0 Å². The van der Waals surface area contributed by atoms with E-state index in [9.17, 15) is 14.4 Å². The first-order valence-electron chi connectivity index (χ1n) is 10.3. The van der Waals surface area contributed by atoms with E-state index in [1.165, 1.54) is 0 Å². The molecule has 31 heavy (non-hydrogen) atoms. The first kappa shape index (κ1) is 24.9. The van der Waals surface area contributed by atoms with Gasteiger partial charge in [-0.2, -0.15) is 0 Å². The molecule has 0 amide bonds. The van der Waals surface area contributed by atoms with Gasteiger partial charge in [0.15, 0.2) is 0 Å². The maximum atomic E-state index is 12.6. The fourth-order valence-corrected chi connectivity index (χ4v) is 5.12. The van der Waals surface area contributed by atoms with Crippen LogP contribution >= 0.6 is 0 Å². The third-order valence-electron chi connectivity index (χ3n) is 5.92. The summed E-state index contributed by atoms with van der Waals surface area (Å²) < 4.78 is 23.5. The summed E-state index contributed by atoms with van der Waals surface area (Å²) in [6.45, 7) is 19.3. The van der Waals surface area contributed by atoms with Crippen molar-refractivity contribution in [1.29, 1.82) is 0 Å². The molecule has 2 fully saturated rings. The molecule has 0 aromatic carbocycles. The molecule has 0 aromatic heterocycles. The van der Waals surface area contributed by atoms with Crippen molar-refractivity contribution in [2.24, 2.45) is 0 Å². The summed E-state index contributed by atoms with van der Waals surface area (Å²) in [4.78, 5) is 37.5. The predicted octanol–water partition coefficient (Wildman–Crippen LogP) is 3.96. The molecule has 0 aromatic rings. The van der Waals surface area contributed by atoms with Crippen molar-refractivity contribution < 1.29 is 33.3 Å². The first-order chi connectivity index (χ1) is 14.1. The summed E-state index contributed by atoms with van der Waals surface area (Å²) in [5, 5.41) is 0. The number of hydrogen-bond donors (Lipinski definition) is 0. The highest BCUT2D eigenvalue weighted by Gasteiger charge is 2.65. The molecule has 172 valence electrons. The molecule has 7 nitrogen and oxygen atoms in total. The van der Waals surface area contributed by atoms with Gasteiger partial charge in [0.2, 0.25) is 0 Å². The zero-order valence-electron chi connectivity index (χ0n) is 19.5. The van der Waals surface area contributed by atoms with Crippen LogP contribution in [0.15, 0.2) is 36.5 Å². The minimum atomic E-state index is -1.09. The van der Waals surface area contributed by atoms with Crippen molar-refractivity contribution >= 4 is 17.9 Å². The molecule has 0 radical (unpaired) electrons. The van der Waals surface area contributed by atoms with E-state index in [2.05, 4.69) is 19.7 Å². The fraction of sp³-hybridized carbons (Fsp3) is 0.625. The third-order valence-corrected chi connectivity index (χ3v) is 5.92. The van der Waals surface area contributed by atoms with Crippen LogP contribution in [0.5, 0.6) is 0 Å². The number of ether oxygens (including phenoxy) is 4. The van der Waals surface area contributed by atoms with Crippen LogP contribution < -0.4 is 0 Å². The van der Waals surface area contributed by atoms with Crippen LogP contribution in [0.2, 0.25) is 0 Å². The molecule has 2 aliphatic carbocycles. The van der Waals surface area contributed by atoms with Crippen molar-refractivity contribution in [3.8, 4) is 0 Å². The Morgan fingerprint density at radius 1 is 0.613 bits per heavy atom. The lowest BCUT2D eigenvalue weighted by Gasteiger charge is -2.59. The van der Waals surface area contributed by atoms with Crippen molar-refractivity contribution in [3.05, 3.63) is 36.5 Å². The number of carbonyl (C=O) groups is 3. The maximum absolute atomic E-state index is 12.6. The van der Waals surface area contributed by atoms with Crippen LogP contribution in [-0.2, 0) is 33.3 Å². The second-order valence-corrected chi connectivity index (χ2v) is 9.86. The molecule has 7 heteroatoms. The second kappa shape index (κ2) is 8.26. The molecule has 2 unspecified atom stereocenters. The van der Waals surface area contributed by atoms with E-state index >= 15 is 0 Å². The van der Waals surface area contributed by atoms with Gasteiger partial charge in [-0.25, -0.2) is 14.4 Å². The molecule has 2 bridgehead atoms. The van der Waals surface area contributed by atoms with Crippen LogP contribution in [-0.4, -0.2) is 47.4 Å². The van der Waals surface area contributed by atoms with Crippen molar-refractivity contribution in [2.75, 3.05) is 7.11 Å². The first-order valence-corrected chi connectivity index (χ1v) is 10.3. The van der Waals surface area contributed by atoms with E-state index in [0.29, 0.717) is 12.8 Å². The summed E-state index contributed by atoms with van der Waals surface area (Å²) in [5.74, 6) is -1.67. The van der Waals surface area contributed by atoms with Gasteiger partial charge in [0, 0.05) is 55.9 Å². The third kappa shape index (κ3) is 5.45. The van der Waals surface area contributed by atoms with Gasteiger partial charge in [0.25, 0.3) is 0 Å². The topological polar surface area (TPSA) is 88.1 Å². The van der Waals surface area contributed by atoms with Crippen molar-refractivity contribution in [1.82, 2.24) is 0 Å². The lowest BCUT2D eigenvalue weighted by molar-refractivity contribution is -0.258. The second-order valence-electron chi connectivity index (χ2n) is 9.86. The fourth-order valence-electron chi connectivity index (χ4n) is 5.12. The lowest BCUT2D eigenvalue weighted by Crippen LogP contribution is -2.67. The average molecular weight is 435 g/mol. The molecule has 2 aliphatic rings. The van der Waals surface area contributed by atoms with E-state index < -0.39 is 40.3 Å². The summed E-state index contributed by atoms with van der Waals surface area (Å²) >= 11 is 0. The highest BCUT2D eigenvalue weighted by Crippen LogP contribution is 2.57. The Kier molecular flexibility index (Phi) is 6.62. The van der Waals surface area contributed by atoms with E-state index in [-0.39, 0.29) is 36.0 Å². The van der Waals surface area contributed by atoms with Gasteiger partial charge in [0.05, 0.1) is 5.60 Å². The molecular weight excluding hydrogens is 400 g/mol. The zero-order chi connectivity index (χ0) is 23.8. The summed E-state index contributed by atoms with van der Waals surface area (Å²) in [6.07, 6.45) is 1.41. The van der Waals surface area contributed by atoms with E-state index in [4.69, 9.17) is 18.9 Å². The molecule has 2 rings (SSSR count). The number of fused-ring (bicyclic) bond motifs is 2. The molecule has 2 atom stereocenters. The number of carbonyl (C=O) groups excluding carboxylic acids is 3. The maximum Gasteiger partial charge on any atom is 0.333 e. The van der Waals surface area contributed by atoms with Crippen LogP contribution in [0.1, 0.15) is 66.7 Å². The van der Waals surface area contributed by atoms with Gasteiger partial charge in [-0.05, 0) is 34.6 Å². The Morgan fingerprint density at radius 3 is 1.26 bits per heavy atom. The van der Waals surface area contributed by atoms with E-state index in [1.54, 1.807) is 34.8 Å². The van der Waals surface area contributed by atoms with Crippen LogP contribution in [0, 0.1) is 0 Å². The largest absolute Gasteiger partial charge is 0.456 e. The molecule has 0 N–H and O–H groups in total. The SMILES string of the molecule is C=C(C)C(=O)OC1(C)CC2(OC(=O)C(=C)C)CC(C)(OC)CC(OC(=O)C(=C)C)(C1)C2. The smallest absolute Gasteiger partial charge is 0.333 e. The molecule has 0 saturated heterocycles. The monoisotopic (exact) mass is 434 g/mol. The van der Waals surface area contributed by atoms with Crippen molar-refractivity contribution in [2.45, 2.75) is 89.1 Å². The minimum absolute atomic E-state index is 0.226. The van der Waals surface area contributed by atoms with Gasteiger partial charge in [-0.3, -0.25) is 0 Å². The Labute approximate surface area is 184 Å². The summed E-state index contributed by atoms with van der Waals surface area (Å²) in [7, 11) is 1.57. The van der Waals surface area contributed by atoms with Crippen LogP contribution in [0.25, 0.3) is 0 Å². The van der Waals surface area contributed by atoms with E-state index in [0.717, 1.165) is 0 Å². The lowest BCUT2D eigenvalue weighted by atomic mass is 9.57. The van der Waals surface area contributed by atoms with Gasteiger partial charge >= 0.3 is 17.9 Å². The van der Waals surface area contributed by atoms with E-state index in [1.807, 2.05) is 6.92 Å². The quantitative estimate of drug-likeness (QED) is 0.340. The van der Waals surface area contributed by atoms with Gasteiger partial charge in [-0.15, -0.1) is 0 Å². The Bertz CT molecular complexity index is 785. The minimum Gasteiger partial charge on any atom is -0.456 e. The summed E-state index contributed by atoms with van der Waals surface area (Å²) in [6, 6.07) is 0. The number of methoxy groups -OCH3 is 1. The molecule has 2 saturated carbocycles. The molecule has 0 spiro atoms. The molecular formula is C24H34O7. The molecule has 0 heterocycles. The Morgan fingerprint density at radius 2 is 0.935 bits per heavy atom. The zero-order valence-corrected chi connectivity index (χ0v) is 19.5. The van der Waals surface area contributed by atoms with Crippen molar-refractivity contribution in [3.63, 3.8) is 0 Å². The number of rotatable bonds is 7. The highest BCUT2D eigenvalue weighted by atomic mass is 16.6. The van der Waals surface area contributed by atoms with Crippen LogP contribution in [0.4, 0.5) is 0 Å². The Balaban J connectivity index is 2.59. The number of esters is 3. The Hall–Kier alpha value is -2.41. The van der Waals surface area contributed by atoms with Gasteiger partial charge in [-0.1, -0.05) is 19.7 Å². The summed E-state index contributed by atoms with van der Waals surface area (Å²) in [5.41, 5.74) is -3.23.